The minimum absolute atomic E-state index is 0.0894. The van der Waals surface area contributed by atoms with Crippen molar-refractivity contribution in [3.63, 3.8) is 0 Å². The standard InChI is InChI=1S/C22H35N2OP/c1-5-11-20(12-9-7-6-8-10-13-26-4)22(25)24-21-17(2)14-19(16-23)15-18(21)3/h14-15,20,26H,5-13H2,1-4H3,(H,24,25). The van der Waals surface area contributed by atoms with Gasteiger partial charge < -0.3 is 5.32 Å². The van der Waals surface area contributed by atoms with Crippen molar-refractivity contribution < 1.29 is 4.79 Å². The molecule has 1 rings (SSSR count). The predicted octanol–water partition coefficient (Wildman–Crippen LogP) is 6.18. The molecule has 2 unspecified atom stereocenters. The molecule has 0 aliphatic rings. The molecule has 1 aromatic carbocycles. The van der Waals surface area contributed by atoms with Gasteiger partial charge in [-0.25, -0.2) is 0 Å². The second kappa shape index (κ2) is 12.9. The molecule has 0 fully saturated rings. The van der Waals surface area contributed by atoms with E-state index in [-0.39, 0.29) is 11.8 Å². The van der Waals surface area contributed by atoms with Gasteiger partial charge in [-0.05, 0) is 69.2 Å². The van der Waals surface area contributed by atoms with Crippen LogP contribution in [0.1, 0.15) is 75.0 Å². The summed E-state index contributed by atoms with van der Waals surface area (Å²) in [5, 5.41) is 12.2. The molecule has 0 bridgehead atoms. The Morgan fingerprint density at radius 1 is 1.12 bits per heavy atom. The van der Waals surface area contributed by atoms with E-state index in [2.05, 4.69) is 25.0 Å². The van der Waals surface area contributed by atoms with Crippen LogP contribution in [0.3, 0.4) is 0 Å². The SMILES string of the molecule is CCCC(CCCCCCCPC)C(=O)Nc1c(C)cc(C#N)cc1C. The van der Waals surface area contributed by atoms with E-state index in [0.717, 1.165) is 51.1 Å². The van der Waals surface area contributed by atoms with Gasteiger partial charge in [-0.15, -0.1) is 8.58 Å². The highest BCUT2D eigenvalue weighted by molar-refractivity contribution is 7.36. The Balaban J connectivity index is 2.56. The molecule has 0 aliphatic heterocycles. The molecule has 26 heavy (non-hydrogen) atoms. The first kappa shape index (κ1) is 22.7. The van der Waals surface area contributed by atoms with Crippen molar-refractivity contribution >= 4 is 20.2 Å². The Labute approximate surface area is 161 Å². The number of anilines is 1. The molecule has 0 aromatic heterocycles. The minimum Gasteiger partial charge on any atom is -0.325 e. The van der Waals surface area contributed by atoms with Crippen molar-refractivity contribution in [2.24, 2.45) is 5.92 Å². The van der Waals surface area contributed by atoms with Crippen LogP contribution in [0.4, 0.5) is 5.69 Å². The first-order valence-corrected chi connectivity index (χ1v) is 11.7. The lowest BCUT2D eigenvalue weighted by atomic mass is 9.94. The van der Waals surface area contributed by atoms with E-state index in [1.807, 2.05) is 26.0 Å². The van der Waals surface area contributed by atoms with Gasteiger partial charge in [0, 0.05) is 11.6 Å². The van der Waals surface area contributed by atoms with Crippen molar-refractivity contribution in [1.29, 1.82) is 5.26 Å². The number of carbonyl (C=O) groups is 1. The van der Waals surface area contributed by atoms with Gasteiger partial charge in [0.05, 0.1) is 11.6 Å². The van der Waals surface area contributed by atoms with Gasteiger partial charge in [0.1, 0.15) is 0 Å². The van der Waals surface area contributed by atoms with Crippen LogP contribution < -0.4 is 5.32 Å². The number of nitriles is 1. The van der Waals surface area contributed by atoms with E-state index >= 15 is 0 Å². The molecule has 4 heteroatoms. The number of hydrogen-bond acceptors (Lipinski definition) is 2. The summed E-state index contributed by atoms with van der Waals surface area (Å²) in [7, 11) is 1.07. The molecule has 2 atom stereocenters. The number of nitrogens with one attached hydrogen (secondary N) is 1. The second-order valence-corrected chi connectivity index (χ2v) is 8.44. The number of hydrogen-bond donors (Lipinski definition) is 1. The van der Waals surface area contributed by atoms with Crippen LogP contribution in [0.15, 0.2) is 12.1 Å². The summed E-state index contributed by atoms with van der Waals surface area (Å²) in [6.45, 7) is 8.32. The first-order chi connectivity index (χ1) is 12.5. The van der Waals surface area contributed by atoms with Gasteiger partial charge in [0.15, 0.2) is 0 Å². The van der Waals surface area contributed by atoms with Crippen LogP contribution in [-0.2, 0) is 4.79 Å². The Hall–Kier alpha value is -1.39. The van der Waals surface area contributed by atoms with E-state index in [9.17, 15) is 4.79 Å². The second-order valence-electron chi connectivity index (χ2n) is 7.23. The van der Waals surface area contributed by atoms with E-state index in [0.29, 0.717) is 5.56 Å². The molecule has 0 saturated carbocycles. The number of carbonyl (C=O) groups excluding carboxylic acids is 1. The van der Waals surface area contributed by atoms with E-state index < -0.39 is 0 Å². The molecule has 0 radical (unpaired) electrons. The largest absolute Gasteiger partial charge is 0.325 e. The van der Waals surface area contributed by atoms with Gasteiger partial charge in [0.2, 0.25) is 5.91 Å². The fourth-order valence-electron chi connectivity index (χ4n) is 3.43. The summed E-state index contributed by atoms with van der Waals surface area (Å²) in [6, 6.07) is 5.86. The molecular formula is C22H35N2OP. The van der Waals surface area contributed by atoms with E-state index in [1.54, 1.807) is 0 Å². The molecule has 0 heterocycles. The van der Waals surface area contributed by atoms with Gasteiger partial charge in [0.25, 0.3) is 0 Å². The van der Waals surface area contributed by atoms with Crippen LogP contribution in [-0.4, -0.2) is 18.7 Å². The Kier molecular flexibility index (Phi) is 11.2. The molecule has 144 valence electrons. The summed E-state index contributed by atoms with van der Waals surface area (Å²) in [5.74, 6) is 0.224. The van der Waals surface area contributed by atoms with Crippen molar-refractivity contribution in [3.8, 4) is 6.07 Å². The van der Waals surface area contributed by atoms with Crippen LogP contribution >= 0.6 is 8.58 Å². The van der Waals surface area contributed by atoms with Gasteiger partial charge in [-0.2, -0.15) is 5.26 Å². The van der Waals surface area contributed by atoms with Gasteiger partial charge in [-0.1, -0.05) is 39.0 Å². The molecule has 1 aromatic rings. The highest BCUT2D eigenvalue weighted by Gasteiger charge is 2.19. The van der Waals surface area contributed by atoms with Gasteiger partial charge >= 0.3 is 0 Å². The summed E-state index contributed by atoms with van der Waals surface area (Å²) in [5.41, 5.74) is 3.44. The third-order valence-electron chi connectivity index (χ3n) is 4.90. The molecule has 3 nitrogen and oxygen atoms in total. The monoisotopic (exact) mass is 374 g/mol. The Bertz CT molecular complexity index is 584. The highest BCUT2D eigenvalue weighted by atomic mass is 31.1. The third-order valence-corrected chi connectivity index (χ3v) is 5.75. The number of benzene rings is 1. The van der Waals surface area contributed by atoms with Crippen molar-refractivity contribution in [3.05, 3.63) is 28.8 Å². The normalized spacial score (nSPS) is 12.3. The van der Waals surface area contributed by atoms with Crippen molar-refractivity contribution in [2.45, 2.75) is 72.1 Å². The average Bonchev–Trinajstić information content (AvgIpc) is 2.62. The Morgan fingerprint density at radius 3 is 2.31 bits per heavy atom. The van der Waals surface area contributed by atoms with Crippen molar-refractivity contribution in [2.75, 3.05) is 18.1 Å². The zero-order valence-corrected chi connectivity index (χ0v) is 18.0. The lowest BCUT2D eigenvalue weighted by Gasteiger charge is -2.18. The van der Waals surface area contributed by atoms with E-state index in [1.165, 1.54) is 31.8 Å². The molecule has 1 N–H and O–H groups in total. The average molecular weight is 375 g/mol. The number of unbranched alkanes of at least 4 members (excludes halogenated alkanes) is 4. The minimum atomic E-state index is 0.0894. The smallest absolute Gasteiger partial charge is 0.227 e. The molecule has 0 aliphatic carbocycles. The molecule has 0 saturated heterocycles. The summed E-state index contributed by atoms with van der Waals surface area (Å²) in [4.78, 5) is 12.8. The number of amides is 1. The zero-order valence-electron chi connectivity index (χ0n) is 17.0. The molecular weight excluding hydrogens is 339 g/mol. The van der Waals surface area contributed by atoms with Crippen LogP contribution in [0.5, 0.6) is 0 Å². The third kappa shape index (κ3) is 7.88. The lowest BCUT2D eigenvalue weighted by molar-refractivity contribution is -0.120. The summed E-state index contributed by atoms with van der Waals surface area (Å²) >= 11 is 0. The highest BCUT2D eigenvalue weighted by Crippen LogP contribution is 2.25. The number of nitrogens with zero attached hydrogens (tertiary/aromatic N) is 1. The lowest BCUT2D eigenvalue weighted by Crippen LogP contribution is -2.23. The quantitative estimate of drug-likeness (QED) is 0.351. The maximum Gasteiger partial charge on any atom is 0.227 e. The van der Waals surface area contributed by atoms with Crippen LogP contribution in [0.25, 0.3) is 0 Å². The van der Waals surface area contributed by atoms with Crippen LogP contribution in [0, 0.1) is 31.1 Å². The fourth-order valence-corrected chi connectivity index (χ4v) is 4.03. The van der Waals surface area contributed by atoms with Crippen molar-refractivity contribution in [1.82, 2.24) is 0 Å². The Morgan fingerprint density at radius 2 is 1.73 bits per heavy atom. The topological polar surface area (TPSA) is 52.9 Å². The molecule has 0 spiro atoms. The van der Waals surface area contributed by atoms with E-state index in [4.69, 9.17) is 5.26 Å². The maximum atomic E-state index is 12.8. The summed E-state index contributed by atoms with van der Waals surface area (Å²) in [6.07, 6.45) is 10.7. The summed E-state index contributed by atoms with van der Waals surface area (Å²) < 4.78 is 0. The number of aryl methyl sites for hydroxylation is 2. The van der Waals surface area contributed by atoms with Crippen LogP contribution in [0.2, 0.25) is 0 Å². The maximum absolute atomic E-state index is 12.8. The fraction of sp³-hybridized carbons (Fsp3) is 0.636. The number of rotatable bonds is 12. The molecule has 1 amide bonds. The first-order valence-electron chi connectivity index (χ1n) is 10.00. The predicted molar refractivity (Wildman–Crippen MR) is 114 cm³/mol. The zero-order chi connectivity index (χ0) is 19.4. The van der Waals surface area contributed by atoms with Gasteiger partial charge in [-0.3, -0.25) is 4.79 Å².